The number of nitrogens with one attached hydrogen (secondary N) is 2. The predicted octanol–water partition coefficient (Wildman–Crippen LogP) is 3.74. The van der Waals surface area contributed by atoms with Crippen LogP contribution in [0.2, 0.25) is 0 Å². The number of benzene rings is 2. The van der Waals surface area contributed by atoms with Gasteiger partial charge < -0.3 is 20.1 Å². The van der Waals surface area contributed by atoms with E-state index in [9.17, 15) is 4.39 Å². The molecule has 4 rings (SSSR count). The summed E-state index contributed by atoms with van der Waals surface area (Å²) in [6, 6.07) is 14.1. The first kappa shape index (κ1) is 16.1. The molecule has 0 saturated heterocycles. The number of hydrogen-bond acceptors (Lipinski definition) is 6. The Morgan fingerprint density at radius 1 is 1.04 bits per heavy atom. The molecular formula is C19H17FN4O2. The third-order valence-electron chi connectivity index (χ3n) is 3.94. The van der Waals surface area contributed by atoms with Crippen molar-refractivity contribution < 1.29 is 13.9 Å². The second-order valence-electron chi connectivity index (χ2n) is 5.73. The Morgan fingerprint density at radius 2 is 1.92 bits per heavy atom. The number of nitrogens with zero attached hydrogens (tertiary/aromatic N) is 2. The second kappa shape index (κ2) is 7.26. The number of anilines is 3. The third kappa shape index (κ3) is 3.66. The Balaban J connectivity index is 1.38. The van der Waals surface area contributed by atoms with E-state index in [4.69, 9.17) is 9.47 Å². The summed E-state index contributed by atoms with van der Waals surface area (Å²) in [4.78, 5) is 8.63. The number of halogens is 1. The summed E-state index contributed by atoms with van der Waals surface area (Å²) in [5, 5.41) is 6.32. The Morgan fingerprint density at radius 3 is 2.85 bits per heavy atom. The molecule has 7 heteroatoms. The average Bonchev–Trinajstić information content (AvgIpc) is 3.11. The maximum absolute atomic E-state index is 13.6. The Bertz CT molecular complexity index is 920. The SMILES string of the molecule is Fc1ccccc1CCNc1ccnc(Nc2ccc3c(c2)OCO3)n1. The molecule has 6 nitrogen and oxygen atoms in total. The summed E-state index contributed by atoms with van der Waals surface area (Å²) in [6.07, 6.45) is 2.23. The van der Waals surface area contributed by atoms with Gasteiger partial charge >= 0.3 is 0 Å². The van der Waals surface area contributed by atoms with E-state index in [2.05, 4.69) is 20.6 Å². The molecule has 0 radical (unpaired) electrons. The van der Waals surface area contributed by atoms with Crippen molar-refractivity contribution in [1.29, 1.82) is 0 Å². The molecule has 0 amide bonds. The minimum Gasteiger partial charge on any atom is -0.454 e. The van der Waals surface area contributed by atoms with Crippen LogP contribution >= 0.6 is 0 Å². The number of ether oxygens (including phenoxy) is 2. The van der Waals surface area contributed by atoms with Gasteiger partial charge in [0.15, 0.2) is 11.5 Å². The summed E-state index contributed by atoms with van der Waals surface area (Å²) in [6.45, 7) is 0.804. The monoisotopic (exact) mass is 352 g/mol. The highest BCUT2D eigenvalue weighted by Gasteiger charge is 2.13. The van der Waals surface area contributed by atoms with Gasteiger partial charge in [0.05, 0.1) is 0 Å². The molecule has 2 heterocycles. The zero-order valence-electron chi connectivity index (χ0n) is 13.9. The molecule has 1 aliphatic rings. The molecule has 0 unspecified atom stereocenters. The van der Waals surface area contributed by atoms with Crippen LogP contribution in [0.1, 0.15) is 5.56 Å². The van der Waals surface area contributed by atoms with Gasteiger partial charge in [-0.3, -0.25) is 0 Å². The lowest BCUT2D eigenvalue weighted by molar-refractivity contribution is 0.174. The summed E-state index contributed by atoms with van der Waals surface area (Å²) < 4.78 is 24.3. The van der Waals surface area contributed by atoms with Crippen LogP contribution < -0.4 is 20.1 Å². The fourth-order valence-electron chi connectivity index (χ4n) is 2.65. The highest BCUT2D eigenvalue weighted by molar-refractivity contribution is 5.60. The molecule has 0 aliphatic carbocycles. The van der Waals surface area contributed by atoms with Crippen molar-refractivity contribution in [2.45, 2.75) is 6.42 Å². The molecule has 2 aromatic carbocycles. The number of rotatable bonds is 6. The van der Waals surface area contributed by atoms with E-state index in [-0.39, 0.29) is 12.6 Å². The van der Waals surface area contributed by atoms with E-state index < -0.39 is 0 Å². The topological polar surface area (TPSA) is 68.3 Å². The van der Waals surface area contributed by atoms with Gasteiger partial charge in [-0.15, -0.1) is 0 Å². The highest BCUT2D eigenvalue weighted by Crippen LogP contribution is 2.34. The van der Waals surface area contributed by atoms with Gasteiger partial charge in [0, 0.05) is 24.5 Å². The maximum atomic E-state index is 13.6. The van der Waals surface area contributed by atoms with Crippen molar-refractivity contribution in [3.8, 4) is 11.5 Å². The van der Waals surface area contributed by atoms with Gasteiger partial charge in [-0.2, -0.15) is 4.98 Å². The summed E-state index contributed by atoms with van der Waals surface area (Å²) in [5.74, 6) is 2.34. The number of fused-ring (bicyclic) bond motifs is 1. The molecule has 0 atom stereocenters. The van der Waals surface area contributed by atoms with Gasteiger partial charge in [0.1, 0.15) is 11.6 Å². The lowest BCUT2D eigenvalue weighted by Crippen LogP contribution is -2.08. The summed E-state index contributed by atoms with van der Waals surface area (Å²) in [5.41, 5.74) is 1.48. The van der Waals surface area contributed by atoms with Gasteiger partial charge in [-0.05, 0) is 36.2 Å². The summed E-state index contributed by atoms with van der Waals surface area (Å²) in [7, 11) is 0. The van der Waals surface area contributed by atoms with E-state index >= 15 is 0 Å². The average molecular weight is 352 g/mol. The van der Waals surface area contributed by atoms with Crippen molar-refractivity contribution in [1.82, 2.24) is 9.97 Å². The van der Waals surface area contributed by atoms with E-state index in [1.165, 1.54) is 6.07 Å². The minimum atomic E-state index is -0.192. The lowest BCUT2D eigenvalue weighted by atomic mass is 10.1. The van der Waals surface area contributed by atoms with Gasteiger partial charge in [0.2, 0.25) is 12.7 Å². The molecular weight excluding hydrogens is 335 g/mol. The van der Waals surface area contributed by atoms with Crippen LogP contribution in [0.25, 0.3) is 0 Å². The first-order chi connectivity index (χ1) is 12.8. The van der Waals surface area contributed by atoms with Crippen LogP contribution in [-0.4, -0.2) is 23.3 Å². The number of aromatic nitrogens is 2. The molecule has 26 heavy (non-hydrogen) atoms. The fourth-order valence-corrected chi connectivity index (χ4v) is 2.65. The van der Waals surface area contributed by atoms with E-state index in [1.54, 1.807) is 24.4 Å². The standard InChI is InChI=1S/C19H17FN4O2/c20-15-4-2-1-3-13(15)7-9-21-18-8-10-22-19(24-18)23-14-5-6-16-17(11-14)26-12-25-16/h1-6,8,10-11H,7,9,12H2,(H2,21,22,23,24). The normalized spacial score (nSPS) is 12.0. The molecule has 132 valence electrons. The Hall–Kier alpha value is -3.35. The molecule has 0 saturated carbocycles. The van der Waals surface area contributed by atoms with Gasteiger partial charge in [-0.1, -0.05) is 18.2 Å². The smallest absolute Gasteiger partial charge is 0.231 e. The Labute approximate surface area is 150 Å². The van der Waals surface area contributed by atoms with Crippen molar-refractivity contribution in [3.05, 3.63) is 66.1 Å². The molecule has 2 N–H and O–H groups in total. The highest BCUT2D eigenvalue weighted by atomic mass is 19.1. The van der Waals surface area contributed by atoms with Crippen molar-refractivity contribution in [3.63, 3.8) is 0 Å². The van der Waals surface area contributed by atoms with Crippen LogP contribution in [-0.2, 0) is 6.42 Å². The third-order valence-corrected chi connectivity index (χ3v) is 3.94. The molecule has 0 spiro atoms. The molecule has 1 aliphatic heterocycles. The lowest BCUT2D eigenvalue weighted by Gasteiger charge is -2.09. The van der Waals surface area contributed by atoms with Crippen LogP contribution in [0, 0.1) is 5.82 Å². The minimum absolute atomic E-state index is 0.192. The molecule has 1 aromatic heterocycles. The largest absolute Gasteiger partial charge is 0.454 e. The zero-order valence-corrected chi connectivity index (χ0v) is 13.9. The van der Waals surface area contributed by atoms with E-state index in [0.29, 0.717) is 36.0 Å². The quantitative estimate of drug-likeness (QED) is 0.704. The second-order valence-corrected chi connectivity index (χ2v) is 5.73. The maximum Gasteiger partial charge on any atom is 0.231 e. The van der Waals surface area contributed by atoms with Crippen LogP contribution in [0.5, 0.6) is 11.5 Å². The van der Waals surface area contributed by atoms with E-state index in [0.717, 1.165) is 11.4 Å². The van der Waals surface area contributed by atoms with Crippen molar-refractivity contribution in [2.24, 2.45) is 0 Å². The van der Waals surface area contributed by atoms with Crippen LogP contribution in [0.4, 0.5) is 21.8 Å². The Kier molecular flexibility index (Phi) is 4.51. The molecule has 0 fully saturated rings. The van der Waals surface area contributed by atoms with Gasteiger partial charge in [-0.25, -0.2) is 9.37 Å². The first-order valence-corrected chi connectivity index (χ1v) is 8.25. The number of hydrogen-bond donors (Lipinski definition) is 2. The van der Waals surface area contributed by atoms with Gasteiger partial charge in [0.25, 0.3) is 0 Å². The van der Waals surface area contributed by atoms with Crippen LogP contribution in [0.3, 0.4) is 0 Å². The van der Waals surface area contributed by atoms with Crippen molar-refractivity contribution in [2.75, 3.05) is 24.0 Å². The molecule has 0 bridgehead atoms. The van der Waals surface area contributed by atoms with Crippen molar-refractivity contribution >= 4 is 17.5 Å². The predicted molar refractivity (Wildman–Crippen MR) is 96.5 cm³/mol. The van der Waals surface area contributed by atoms with Crippen LogP contribution in [0.15, 0.2) is 54.7 Å². The fraction of sp³-hybridized carbons (Fsp3) is 0.158. The zero-order chi connectivity index (χ0) is 17.8. The first-order valence-electron chi connectivity index (χ1n) is 8.25. The summed E-state index contributed by atoms with van der Waals surface area (Å²) >= 11 is 0. The van der Waals surface area contributed by atoms with E-state index in [1.807, 2.05) is 24.3 Å². The molecule has 3 aromatic rings.